The fraction of sp³-hybridized carbons (Fsp3) is 0.417. The minimum absolute atomic E-state index is 0.0384. The van der Waals surface area contributed by atoms with E-state index in [0.29, 0.717) is 24.5 Å². The van der Waals surface area contributed by atoms with Crippen LogP contribution < -0.4 is 10.1 Å². The van der Waals surface area contributed by atoms with E-state index in [1.807, 2.05) is 36.4 Å². The number of likely N-dealkylation sites (tertiary alicyclic amines) is 1. The van der Waals surface area contributed by atoms with Crippen molar-refractivity contribution in [3.63, 3.8) is 0 Å². The molecule has 0 aromatic heterocycles. The smallest absolute Gasteiger partial charge is 0.229 e. The maximum Gasteiger partial charge on any atom is 0.229 e. The Morgan fingerprint density at radius 2 is 1.90 bits per heavy atom. The van der Waals surface area contributed by atoms with Crippen molar-refractivity contribution in [3.05, 3.63) is 59.7 Å². The second-order valence-electron chi connectivity index (χ2n) is 8.63. The molecule has 0 spiro atoms. The summed E-state index contributed by atoms with van der Waals surface area (Å²) in [7, 11) is 1.59. The highest BCUT2D eigenvalue weighted by atomic mass is 16.5. The van der Waals surface area contributed by atoms with Crippen molar-refractivity contribution in [2.45, 2.75) is 39.0 Å². The summed E-state index contributed by atoms with van der Waals surface area (Å²) >= 11 is 0. The zero-order chi connectivity index (χ0) is 21.0. The molecule has 1 aliphatic rings. The van der Waals surface area contributed by atoms with Crippen LogP contribution in [0.15, 0.2) is 48.5 Å². The van der Waals surface area contributed by atoms with Gasteiger partial charge in [0, 0.05) is 19.5 Å². The summed E-state index contributed by atoms with van der Waals surface area (Å²) < 4.78 is 5.41. The number of carbonyl (C=O) groups excluding carboxylic acids is 2. The molecule has 1 fully saturated rings. The van der Waals surface area contributed by atoms with E-state index >= 15 is 0 Å². The van der Waals surface area contributed by atoms with Crippen molar-refractivity contribution >= 4 is 17.5 Å². The van der Waals surface area contributed by atoms with Crippen LogP contribution in [-0.2, 0) is 21.4 Å². The molecule has 1 heterocycles. The maximum atomic E-state index is 12.9. The van der Waals surface area contributed by atoms with Gasteiger partial charge in [-0.1, -0.05) is 57.2 Å². The van der Waals surface area contributed by atoms with E-state index in [1.165, 1.54) is 5.56 Å². The molecule has 0 radical (unpaired) electrons. The number of ether oxygens (including phenoxy) is 1. The molecule has 1 saturated heterocycles. The van der Waals surface area contributed by atoms with Crippen molar-refractivity contribution in [1.29, 1.82) is 0 Å². The number of amides is 2. The molecule has 154 valence electrons. The highest BCUT2D eigenvalue weighted by molar-refractivity contribution is 5.98. The first-order valence-corrected chi connectivity index (χ1v) is 10.1. The van der Waals surface area contributed by atoms with Gasteiger partial charge in [-0.05, 0) is 35.1 Å². The molecule has 1 N–H and O–H groups in total. The zero-order valence-corrected chi connectivity index (χ0v) is 17.7. The SMILES string of the molecule is COc1ccc(C(C)(C)C)cc1NC(=O)[C@H]1CC(=O)N(CCc2ccccc2)C1. The molecule has 2 aromatic rings. The van der Waals surface area contributed by atoms with Crippen LogP contribution >= 0.6 is 0 Å². The first-order chi connectivity index (χ1) is 13.8. The Kier molecular flexibility index (Phi) is 6.26. The first-order valence-electron chi connectivity index (χ1n) is 10.1. The molecular weight excluding hydrogens is 364 g/mol. The molecule has 5 nitrogen and oxygen atoms in total. The van der Waals surface area contributed by atoms with Gasteiger partial charge in [0.25, 0.3) is 0 Å². The number of nitrogens with zero attached hydrogens (tertiary/aromatic N) is 1. The van der Waals surface area contributed by atoms with Gasteiger partial charge in [0.1, 0.15) is 5.75 Å². The third-order valence-electron chi connectivity index (χ3n) is 5.42. The highest BCUT2D eigenvalue weighted by Crippen LogP contribution is 2.32. The molecule has 2 amide bonds. The van der Waals surface area contributed by atoms with Crippen molar-refractivity contribution in [2.24, 2.45) is 5.92 Å². The van der Waals surface area contributed by atoms with E-state index < -0.39 is 0 Å². The Bertz CT molecular complexity index is 871. The number of hydrogen-bond donors (Lipinski definition) is 1. The lowest BCUT2D eigenvalue weighted by Gasteiger charge is -2.22. The molecule has 0 aliphatic carbocycles. The van der Waals surface area contributed by atoms with E-state index in [-0.39, 0.29) is 29.6 Å². The topological polar surface area (TPSA) is 58.6 Å². The average molecular weight is 395 g/mol. The van der Waals surface area contributed by atoms with Gasteiger partial charge in [0.15, 0.2) is 0 Å². The minimum atomic E-state index is -0.346. The number of anilines is 1. The number of rotatable bonds is 6. The predicted octanol–water partition coefficient (Wildman–Crippen LogP) is 4.02. The van der Waals surface area contributed by atoms with Crippen LogP contribution in [0.1, 0.15) is 38.3 Å². The number of nitrogens with one attached hydrogen (secondary N) is 1. The summed E-state index contributed by atoms with van der Waals surface area (Å²) in [6.45, 7) is 7.47. The van der Waals surface area contributed by atoms with Gasteiger partial charge < -0.3 is 15.0 Å². The molecular formula is C24H30N2O3. The largest absolute Gasteiger partial charge is 0.495 e. The lowest BCUT2D eigenvalue weighted by molar-refractivity contribution is -0.128. The lowest BCUT2D eigenvalue weighted by atomic mass is 9.86. The van der Waals surface area contributed by atoms with Gasteiger partial charge in [-0.2, -0.15) is 0 Å². The standard InChI is InChI=1S/C24H30N2O3/c1-24(2,3)19-10-11-21(29-4)20(15-19)25-23(28)18-14-22(27)26(16-18)13-12-17-8-6-5-7-9-17/h5-11,15,18H,12-14,16H2,1-4H3,(H,25,28)/t18-/m0/s1. The van der Waals surface area contributed by atoms with Crippen molar-refractivity contribution in [3.8, 4) is 5.75 Å². The molecule has 0 bridgehead atoms. The maximum absolute atomic E-state index is 12.9. The van der Waals surface area contributed by atoms with E-state index in [1.54, 1.807) is 12.0 Å². The number of benzene rings is 2. The van der Waals surface area contributed by atoms with Gasteiger partial charge >= 0.3 is 0 Å². The average Bonchev–Trinajstić information content (AvgIpc) is 3.07. The van der Waals surface area contributed by atoms with Gasteiger partial charge in [-0.3, -0.25) is 9.59 Å². The molecule has 0 saturated carbocycles. The predicted molar refractivity (Wildman–Crippen MR) is 115 cm³/mol. The Balaban J connectivity index is 1.65. The molecule has 1 atom stereocenters. The van der Waals surface area contributed by atoms with E-state index in [4.69, 9.17) is 4.74 Å². The monoisotopic (exact) mass is 394 g/mol. The van der Waals surface area contributed by atoms with Crippen molar-refractivity contribution in [2.75, 3.05) is 25.5 Å². The molecule has 29 heavy (non-hydrogen) atoms. The zero-order valence-electron chi connectivity index (χ0n) is 17.7. The van der Waals surface area contributed by atoms with Crippen molar-refractivity contribution in [1.82, 2.24) is 4.90 Å². The van der Waals surface area contributed by atoms with E-state index in [9.17, 15) is 9.59 Å². The molecule has 5 heteroatoms. The quantitative estimate of drug-likeness (QED) is 0.805. The van der Waals surface area contributed by atoms with Crippen LogP contribution in [0.3, 0.4) is 0 Å². The summed E-state index contributed by atoms with van der Waals surface area (Å²) in [6.07, 6.45) is 1.05. The van der Waals surface area contributed by atoms with Gasteiger partial charge in [0.05, 0.1) is 18.7 Å². The molecule has 3 rings (SSSR count). The second kappa shape index (κ2) is 8.68. The fourth-order valence-electron chi connectivity index (χ4n) is 3.58. The van der Waals surface area contributed by atoms with E-state index in [0.717, 1.165) is 12.0 Å². The van der Waals surface area contributed by atoms with Crippen molar-refractivity contribution < 1.29 is 14.3 Å². The Morgan fingerprint density at radius 1 is 1.17 bits per heavy atom. The highest BCUT2D eigenvalue weighted by Gasteiger charge is 2.34. The Morgan fingerprint density at radius 3 is 2.55 bits per heavy atom. The minimum Gasteiger partial charge on any atom is -0.495 e. The number of hydrogen-bond acceptors (Lipinski definition) is 3. The first kappa shape index (κ1) is 20.9. The molecule has 0 unspecified atom stereocenters. The molecule has 1 aliphatic heterocycles. The van der Waals surface area contributed by atoms with Crippen LogP contribution in [0.2, 0.25) is 0 Å². The third kappa shape index (κ3) is 5.17. The Labute approximate surface area is 173 Å². The number of carbonyl (C=O) groups is 2. The summed E-state index contributed by atoms with van der Waals surface area (Å²) in [4.78, 5) is 27.0. The van der Waals surface area contributed by atoms with E-state index in [2.05, 4.69) is 38.2 Å². The van der Waals surface area contributed by atoms with Gasteiger partial charge in [-0.25, -0.2) is 0 Å². The lowest BCUT2D eigenvalue weighted by Crippen LogP contribution is -2.30. The Hall–Kier alpha value is -2.82. The summed E-state index contributed by atoms with van der Waals surface area (Å²) in [5.41, 5.74) is 2.92. The van der Waals surface area contributed by atoms with Crippen LogP contribution in [-0.4, -0.2) is 36.9 Å². The summed E-state index contributed by atoms with van der Waals surface area (Å²) in [6, 6.07) is 15.9. The van der Waals surface area contributed by atoms with Crippen LogP contribution in [0.4, 0.5) is 5.69 Å². The number of methoxy groups -OCH3 is 1. The van der Waals surface area contributed by atoms with Gasteiger partial charge in [-0.15, -0.1) is 0 Å². The third-order valence-corrected chi connectivity index (χ3v) is 5.42. The summed E-state index contributed by atoms with van der Waals surface area (Å²) in [5, 5.41) is 2.99. The second-order valence-corrected chi connectivity index (χ2v) is 8.63. The normalized spacial score (nSPS) is 16.8. The van der Waals surface area contributed by atoms with Gasteiger partial charge in [0.2, 0.25) is 11.8 Å². The molecule has 2 aromatic carbocycles. The summed E-state index contributed by atoms with van der Waals surface area (Å²) in [5.74, 6) is 0.180. The van der Waals surface area contributed by atoms with Crippen LogP contribution in [0.5, 0.6) is 5.75 Å². The van der Waals surface area contributed by atoms with Crippen LogP contribution in [0, 0.1) is 5.92 Å². The van der Waals surface area contributed by atoms with Crippen LogP contribution in [0.25, 0.3) is 0 Å². The fourth-order valence-corrected chi connectivity index (χ4v) is 3.58.